The topological polar surface area (TPSA) is 70.7 Å². The third-order valence-electron chi connectivity index (χ3n) is 3.39. The van der Waals surface area contributed by atoms with Gasteiger partial charge in [-0.1, -0.05) is 41.6 Å². The molecule has 0 aliphatic heterocycles. The van der Waals surface area contributed by atoms with Crippen LogP contribution < -0.4 is 5.32 Å². The van der Waals surface area contributed by atoms with Crippen LogP contribution in [0, 0.1) is 0 Å². The van der Waals surface area contributed by atoms with Crippen LogP contribution in [0.25, 0.3) is 12.2 Å². The summed E-state index contributed by atoms with van der Waals surface area (Å²) in [4.78, 5) is 17.4. The molecule has 0 saturated heterocycles. The maximum Gasteiger partial charge on any atom is 0.230 e. The summed E-state index contributed by atoms with van der Waals surface area (Å²) in [5.41, 5.74) is 1.10. The zero-order valence-electron chi connectivity index (χ0n) is 13.8. The van der Waals surface area contributed by atoms with Gasteiger partial charge in [0, 0.05) is 16.4 Å². The van der Waals surface area contributed by atoms with Gasteiger partial charge in [0.15, 0.2) is 0 Å². The van der Waals surface area contributed by atoms with Crippen molar-refractivity contribution >= 4 is 52.8 Å². The molecule has 0 aliphatic rings. The van der Waals surface area contributed by atoms with Crippen LogP contribution in [-0.2, 0) is 11.2 Å². The summed E-state index contributed by atoms with van der Waals surface area (Å²) in [6, 6.07) is 11.7. The van der Waals surface area contributed by atoms with Crippen molar-refractivity contribution in [1.82, 2.24) is 20.5 Å². The number of hydrogen-bond acceptors (Lipinski definition) is 5. The highest BCUT2D eigenvalue weighted by Crippen LogP contribution is 2.15. The molecule has 5 nitrogen and oxygen atoms in total. The van der Waals surface area contributed by atoms with Gasteiger partial charge in [-0.05, 0) is 47.7 Å². The lowest BCUT2D eigenvalue weighted by molar-refractivity contribution is -0.118. The van der Waals surface area contributed by atoms with Crippen molar-refractivity contribution in [2.24, 2.45) is 0 Å². The van der Waals surface area contributed by atoms with Gasteiger partial charge in [-0.3, -0.25) is 9.89 Å². The van der Waals surface area contributed by atoms with Crippen molar-refractivity contribution in [2.45, 2.75) is 11.6 Å². The second kappa shape index (κ2) is 9.56. The molecule has 0 unspecified atom stereocenters. The summed E-state index contributed by atoms with van der Waals surface area (Å²) < 4.78 is 0. The zero-order valence-corrected chi connectivity index (χ0v) is 16.2. The van der Waals surface area contributed by atoms with Crippen LogP contribution in [0.4, 0.5) is 0 Å². The number of nitrogens with one attached hydrogen (secondary N) is 2. The van der Waals surface area contributed by atoms with Gasteiger partial charge < -0.3 is 5.32 Å². The number of thiophene rings is 1. The van der Waals surface area contributed by atoms with Crippen LogP contribution in [-0.4, -0.2) is 33.4 Å². The number of nitrogens with zero attached hydrogens (tertiary/aromatic N) is 2. The molecule has 3 aromatic rings. The van der Waals surface area contributed by atoms with Crippen LogP contribution in [0.5, 0.6) is 0 Å². The lowest BCUT2D eigenvalue weighted by Gasteiger charge is -2.04. The highest BCUT2D eigenvalue weighted by Gasteiger charge is 2.06. The van der Waals surface area contributed by atoms with E-state index in [1.54, 1.807) is 11.3 Å². The fraction of sp³-hybridized carbons (Fsp3) is 0.167. The quantitative estimate of drug-likeness (QED) is 0.553. The Bertz CT molecular complexity index is 877. The smallest absolute Gasteiger partial charge is 0.230 e. The first-order valence-corrected chi connectivity index (χ1v) is 10.2. The molecule has 2 heterocycles. The molecule has 0 saturated carbocycles. The van der Waals surface area contributed by atoms with Crippen LogP contribution >= 0.6 is 34.7 Å². The fourth-order valence-electron chi connectivity index (χ4n) is 2.16. The standard InChI is InChI=1S/C18H17ClN4OS2/c19-14-4-1-3-13(11-14)8-9-20-17(24)12-26-18-21-16(22-23-18)7-6-15-5-2-10-25-15/h1-7,10-11H,8-9,12H2,(H,20,24)(H,21,22,23)/b7-6+. The van der Waals surface area contributed by atoms with E-state index in [1.165, 1.54) is 11.8 Å². The zero-order chi connectivity index (χ0) is 18.2. The minimum atomic E-state index is -0.0440. The third-order valence-corrected chi connectivity index (χ3v) is 5.31. The number of aromatic amines is 1. The fourth-order valence-corrected chi connectivity index (χ4v) is 3.63. The van der Waals surface area contributed by atoms with Crippen molar-refractivity contribution in [2.75, 3.05) is 12.3 Å². The van der Waals surface area contributed by atoms with Crippen LogP contribution in [0.15, 0.2) is 46.9 Å². The van der Waals surface area contributed by atoms with Gasteiger partial charge in [-0.15, -0.1) is 16.4 Å². The molecule has 134 valence electrons. The second-order valence-corrected chi connectivity index (χ2v) is 7.73. The highest BCUT2D eigenvalue weighted by molar-refractivity contribution is 7.99. The minimum absolute atomic E-state index is 0.0440. The number of thioether (sulfide) groups is 1. The molecule has 2 N–H and O–H groups in total. The molecule has 2 aromatic heterocycles. The normalized spacial score (nSPS) is 11.1. The lowest BCUT2D eigenvalue weighted by Crippen LogP contribution is -2.27. The first kappa shape index (κ1) is 18.7. The van der Waals surface area contributed by atoms with Crippen LogP contribution in [0.3, 0.4) is 0 Å². The van der Waals surface area contributed by atoms with Gasteiger partial charge in [0.25, 0.3) is 0 Å². The Hall–Kier alpha value is -2.09. The van der Waals surface area contributed by atoms with E-state index in [0.29, 0.717) is 22.5 Å². The summed E-state index contributed by atoms with van der Waals surface area (Å²) in [5.74, 6) is 0.904. The van der Waals surface area contributed by atoms with E-state index in [2.05, 4.69) is 20.5 Å². The molecule has 0 aliphatic carbocycles. The summed E-state index contributed by atoms with van der Waals surface area (Å²) in [6.07, 6.45) is 4.59. The van der Waals surface area contributed by atoms with Gasteiger partial charge in [0.1, 0.15) is 5.82 Å². The number of carbonyl (C=O) groups is 1. The molecular weight excluding hydrogens is 388 g/mol. The average molecular weight is 405 g/mol. The van der Waals surface area contributed by atoms with Crippen molar-refractivity contribution in [3.8, 4) is 0 Å². The molecule has 0 atom stereocenters. The Morgan fingerprint density at radius 1 is 1.31 bits per heavy atom. The average Bonchev–Trinajstić information content (AvgIpc) is 3.30. The van der Waals surface area contributed by atoms with E-state index in [-0.39, 0.29) is 11.7 Å². The Morgan fingerprint density at radius 3 is 3.04 bits per heavy atom. The third kappa shape index (κ3) is 6.01. The van der Waals surface area contributed by atoms with Gasteiger partial charge in [0.05, 0.1) is 5.75 Å². The maximum atomic E-state index is 11.9. The molecule has 1 aromatic carbocycles. The van der Waals surface area contributed by atoms with Crippen LogP contribution in [0.1, 0.15) is 16.3 Å². The number of rotatable bonds is 8. The Labute approximate surface area is 164 Å². The van der Waals surface area contributed by atoms with E-state index >= 15 is 0 Å². The van der Waals surface area contributed by atoms with Gasteiger partial charge in [-0.2, -0.15) is 0 Å². The summed E-state index contributed by atoms with van der Waals surface area (Å²) in [6.45, 7) is 0.572. The van der Waals surface area contributed by atoms with Gasteiger partial charge in [-0.25, -0.2) is 4.98 Å². The number of amides is 1. The molecule has 0 radical (unpaired) electrons. The molecule has 8 heteroatoms. The molecule has 26 heavy (non-hydrogen) atoms. The van der Waals surface area contributed by atoms with Crippen molar-refractivity contribution in [3.05, 3.63) is 63.1 Å². The first-order chi connectivity index (χ1) is 12.7. The lowest BCUT2D eigenvalue weighted by atomic mass is 10.1. The molecule has 0 fully saturated rings. The van der Waals surface area contributed by atoms with E-state index in [9.17, 15) is 4.79 Å². The summed E-state index contributed by atoms with van der Waals surface area (Å²) in [7, 11) is 0. The minimum Gasteiger partial charge on any atom is -0.355 e. The Morgan fingerprint density at radius 2 is 2.23 bits per heavy atom. The summed E-state index contributed by atoms with van der Waals surface area (Å²) >= 11 is 8.90. The number of benzene rings is 1. The number of aromatic nitrogens is 3. The summed E-state index contributed by atoms with van der Waals surface area (Å²) in [5, 5.41) is 13.1. The number of H-pyrrole nitrogens is 1. The predicted molar refractivity (Wildman–Crippen MR) is 109 cm³/mol. The van der Waals surface area contributed by atoms with Crippen LogP contribution in [0.2, 0.25) is 5.02 Å². The van der Waals surface area contributed by atoms with Crippen molar-refractivity contribution in [1.29, 1.82) is 0 Å². The molecular formula is C18H17ClN4OS2. The van der Waals surface area contributed by atoms with Crippen molar-refractivity contribution in [3.63, 3.8) is 0 Å². The van der Waals surface area contributed by atoms with Gasteiger partial charge in [0.2, 0.25) is 11.1 Å². The molecule has 0 bridgehead atoms. The second-order valence-electron chi connectivity index (χ2n) is 5.37. The SMILES string of the molecule is O=C(CSc1n[nH]c(/C=C/c2cccs2)n1)NCCc1cccc(Cl)c1. The Kier molecular flexibility index (Phi) is 6.88. The Balaban J connectivity index is 1.39. The number of carbonyl (C=O) groups excluding carboxylic acids is 1. The molecule has 3 rings (SSSR count). The van der Waals surface area contributed by atoms with Crippen molar-refractivity contribution < 1.29 is 4.79 Å². The van der Waals surface area contributed by atoms with Gasteiger partial charge >= 0.3 is 0 Å². The van der Waals surface area contributed by atoms with E-state index in [0.717, 1.165) is 16.9 Å². The highest BCUT2D eigenvalue weighted by atomic mass is 35.5. The molecule has 1 amide bonds. The van der Waals surface area contributed by atoms with E-state index < -0.39 is 0 Å². The molecule has 0 spiro atoms. The van der Waals surface area contributed by atoms with E-state index in [1.807, 2.05) is 53.9 Å². The largest absolute Gasteiger partial charge is 0.355 e. The monoisotopic (exact) mass is 404 g/mol. The van der Waals surface area contributed by atoms with E-state index in [4.69, 9.17) is 11.6 Å². The maximum absolute atomic E-state index is 11.9. The predicted octanol–water partition coefficient (Wildman–Crippen LogP) is 4.14. The number of hydrogen-bond donors (Lipinski definition) is 2. The number of halogens is 1. The first-order valence-electron chi connectivity index (χ1n) is 7.97.